The standard InChI is InChI=1S/C17H24N6O2/c1-2-9-23-11-5-14(21-23)15(24)20-12-17(25)6-3-10-22(13-17)16-18-7-4-8-19-16/h4-5,7-8,11,25H,2-3,6,9-10,12-13H2,1H3,(H,20,24). The third-order valence-electron chi connectivity index (χ3n) is 4.29. The van der Waals surface area contributed by atoms with Gasteiger partial charge in [0.1, 0.15) is 5.69 Å². The van der Waals surface area contributed by atoms with E-state index in [9.17, 15) is 9.90 Å². The summed E-state index contributed by atoms with van der Waals surface area (Å²) in [6.45, 7) is 4.20. The van der Waals surface area contributed by atoms with E-state index in [1.54, 1.807) is 35.4 Å². The van der Waals surface area contributed by atoms with Crippen molar-refractivity contribution in [3.8, 4) is 0 Å². The average molecular weight is 344 g/mol. The van der Waals surface area contributed by atoms with Gasteiger partial charge in [0.05, 0.1) is 12.1 Å². The lowest BCUT2D eigenvalue weighted by molar-refractivity contribution is 0.0251. The summed E-state index contributed by atoms with van der Waals surface area (Å²) in [5.41, 5.74) is -0.630. The van der Waals surface area contributed by atoms with E-state index in [4.69, 9.17) is 0 Å². The number of piperidine rings is 1. The van der Waals surface area contributed by atoms with E-state index in [0.717, 1.165) is 25.9 Å². The van der Waals surface area contributed by atoms with Crippen LogP contribution in [0.3, 0.4) is 0 Å². The second-order valence-electron chi connectivity index (χ2n) is 6.44. The molecule has 8 nitrogen and oxygen atoms in total. The van der Waals surface area contributed by atoms with Gasteiger partial charge in [-0.3, -0.25) is 9.48 Å². The molecule has 1 aliphatic rings. The lowest BCUT2D eigenvalue weighted by atomic mass is 9.93. The molecule has 0 spiro atoms. The van der Waals surface area contributed by atoms with Gasteiger partial charge in [0.2, 0.25) is 5.95 Å². The number of amides is 1. The Hall–Kier alpha value is -2.48. The molecule has 1 saturated heterocycles. The predicted molar refractivity (Wildman–Crippen MR) is 93.3 cm³/mol. The first kappa shape index (κ1) is 17.3. The molecule has 0 aromatic carbocycles. The molecule has 1 amide bonds. The van der Waals surface area contributed by atoms with Crippen LogP contribution in [0, 0.1) is 0 Å². The van der Waals surface area contributed by atoms with Gasteiger partial charge in [-0.25, -0.2) is 9.97 Å². The number of β-amino-alcohol motifs (C(OH)–C–C–N with tert-alkyl or cyclic N) is 1. The van der Waals surface area contributed by atoms with E-state index >= 15 is 0 Å². The summed E-state index contributed by atoms with van der Waals surface area (Å²) in [5.74, 6) is 0.335. The molecule has 25 heavy (non-hydrogen) atoms. The average Bonchev–Trinajstić information content (AvgIpc) is 3.10. The zero-order valence-corrected chi connectivity index (χ0v) is 14.4. The summed E-state index contributed by atoms with van der Waals surface area (Å²) in [6.07, 6.45) is 7.56. The summed E-state index contributed by atoms with van der Waals surface area (Å²) in [6, 6.07) is 3.46. The number of aromatic nitrogens is 4. The number of nitrogens with one attached hydrogen (secondary N) is 1. The van der Waals surface area contributed by atoms with Crippen molar-refractivity contribution in [1.82, 2.24) is 25.1 Å². The fourth-order valence-corrected chi connectivity index (χ4v) is 3.05. The Bertz CT molecular complexity index is 704. The Balaban J connectivity index is 1.58. The van der Waals surface area contributed by atoms with Gasteiger partial charge in [0, 0.05) is 38.2 Å². The van der Waals surface area contributed by atoms with Crippen LogP contribution in [0.4, 0.5) is 5.95 Å². The maximum atomic E-state index is 12.3. The molecule has 3 rings (SSSR count). The molecule has 2 aromatic heterocycles. The third kappa shape index (κ3) is 4.33. The van der Waals surface area contributed by atoms with Gasteiger partial charge in [0.15, 0.2) is 0 Å². The number of carbonyl (C=O) groups is 1. The molecule has 1 fully saturated rings. The SMILES string of the molecule is CCCn1ccc(C(=O)NCC2(O)CCCN(c3ncccn3)C2)n1. The summed E-state index contributed by atoms with van der Waals surface area (Å²) in [4.78, 5) is 22.7. The molecule has 2 aromatic rings. The van der Waals surface area contributed by atoms with Crippen LogP contribution in [0.15, 0.2) is 30.7 Å². The largest absolute Gasteiger partial charge is 0.386 e. The van der Waals surface area contributed by atoms with Crippen LogP contribution in [0.25, 0.3) is 0 Å². The molecule has 0 saturated carbocycles. The molecule has 2 N–H and O–H groups in total. The van der Waals surface area contributed by atoms with E-state index in [-0.39, 0.29) is 12.5 Å². The first-order valence-electron chi connectivity index (χ1n) is 8.66. The van der Waals surface area contributed by atoms with Crippen molar-refractivity contribution in [2.45, 2.75) is 38.3 Å². The van der Waals surface area contributed by atoms with Crippen molar-refractivity contribution in [1.29, 1.82) is 0 Å². The van der Waals surface area contributed by atoms with Crippen LogP contribution >= 0.6 is 0 Å². The Morgan fingerprint density at radius 3 is 2.96 bits per heavy atom. The summed E-state index contributed by atoms with van der Waals surface area (Å²) >= 11 is 0. The molecule has 1 unspecified atom stereocenters. The summed E-state index contributed by atoms with van der Waals surface area (Å²) in [5, 5.41) is 17.9. The van der Waals surface area contributed by atoms with Crippen LogP contribution in [0.2, 0.25) is 0 Å². The predicted octanol–water partition coefficient (Wildman–Crippen LogP) is 0.844. The minimum atomic E-state index is -1.00. The fourth-order valence-electron chi connectivity index (χ4n) is 3.05. The van der Waals surface area contributed by atoms with Gasteiger partial charge in [-0.1, -0.05) is 6.92 Å². The van der Waals surface area contributed by atoms with Crippen LogP contribution < -0.4 is 10.2 Å². The number of anilines is 1. The number of rotatable bonds is 6. The van der Waals surface area contributed by atoms with Crippen LogP contribution in [0.5, 0.6) is 0 Å². The molecule has 0 radical (unpaired) electrons. The Morgan fingerprint density at radius 1 is 1.40 bits per heavy atom. The molecule has 3 heterocycles. The lowest BCUT2D eigenvalue weighted by Crippen LogP contribution is -2.54. The van der Waals surface area contributed by atoms with Crippen LogP contribution in [-0.4, -0.2) is 56.0 Å². The summed E-state index contributed by atoms with van der Waals surface area (Å²) in [7, 11) is 0. The monoisotopic (exact) mass is 344 g/mol. The number of aryl methyl sites for hydroxylation is 1. The molecule has 0 aliphatic carbocycles. The van der Waals surface area contributed by atoms with E-state index in [1.807, 2.05) is 4.90 Å². The van der Waals surface area contributed by atoms with Crippen molar-refractivity contribution >= 4 is 11.9 Å². The zero-order valence-electron chi connectivity index (χ0n) is 14.4. The highest BCUT2D eigenvalue weighted by Crippen LogP contribution is 2.23. The number of nitrogens with zero attached hydrogens (tertiary/aromatic N) is 5. The van der Waals surface area contributed by atoms with Gasteiger partial charge >= 0.3 is 0 Å². The van der Waals surface area contributed by atoms with Crippen LogP contribution in [0.1, 0.15) is 36.7 Å². The molecule has 8 heteroatoms. The normalized spacial score (nSPS) is 20.5. The maximum absolute atomic E-state index is 12.3. The second-order valence-corrected chi connectivity index (χ2v) is 6.44. The zero-order chi connectivity index (χ0) is 17.7. The minimum absolute atomic E-state index is 0.176. The second kappa shape index (κ2) is 7.60. The van der Waals surface area contributed by atoms with Gasteiger partial charge in [0.25, 0.3) is 5.91 Å². The first-order valence-corrected chi connectivity index (χ1v) is 8.66. The topological polar surface area (TPSA) is 96.2 Å². The minimum Gasteiger partial charge on any atom is -0.386 e. The molecule has 1 aliphatic heterocycles. The van der Waals surface area contributed by atoms with Crippen molar-refractivity contribution < 1.29 is 9.90 Å². The molecular weight excluding hydrogens is 320 g/mol. The highest BCUT2D eigenvalue weighted by molar-refractivity contribution is 5.92. The maximum Gasteiger partial charge on any atom is 0.271 e. The molecule has 1 atom stereocenters. The van der Waals surface area contributed by atoms with E-state index in [1.165, 1.54) is 0 Å². The Labute approximate surface area is 146 Å². The third-order valence-corrected chi connectivity index (χ3v) is 4.29. The summed E-state index contributed by atoms with van der Waals surface area (Å²) < 4.78 is 1.75. The number of hydrogen-bond acceptors (Lipinski definition) is 6. The van der Waals surface area contributed by atoms with Gasteiger partial charge in [-0.15, -0.1) is 0 Å². The fraction of sp³-hybridized carbons (Fsp3) is 0.529. The van der Waals surface area contributed by atoms with E-state index < -0.39 is 5.60 Å². The Morgan fingerprint density at radius 2 is 2.20 bits per heavy atom. The molecule has 0 bridgehead atoms. The van der Waals surface area contributed by atoms with Crippen molar-refractivity contribution in [2.75, 3.05) is 24.5 Å². The smallest absolute Gasteiger partial charge is 0.271 e. The highest BCUT2D eigenvalue weighted by atomic mass is 16.3. The first-order chi connectivity index (χ1) is 12.1. The van der Waals surface area contributed by atoms with E-state index in [2.05, 4.69) is 27.3 Å². The van der Waals surface area contributed by atoms with Crippen LogP contribution in [-0.2, 0) is 6.54 Å². The number of hydrogen-bond donors (Lipinski definition) is 2. The molecular formula is C17H24N6O2. The van der Waals surface area contributed by atoms with Gasteiger partial charge in [-0.2, -0.15) is 5.10 Å². The highest BCUT2D eigenvalue weighted by Gasteiger charge is 2.34. The van der Waals surface area contributed by atoms with Crippen molar-refractivity contribution in [3.05, 3.63) is 36.4 Å². The molecule has 134 valence electrons. The number of carbonyl (C=O) groups excluding carboxylic acids is 1. The van der Waals surface area contributed by atoms with Crippen molar-refractivity contribution in [2.24, 2.45) is 0 Å². The van der Waals surface area contributed by atoms with E-state index in [0.29, 0.717) is 24.6 Å². The Kier molecular flexibility index (Phi) is 5.28. The lowest BCUT2D eigenvalue weighted by Gasteiger charge is -2.39. The van der Waals surface area contributed by atoms with Gasteiger partial charge in [-0.05, 0) is 31.4 Å². The number of aliphatic hydroxyl groups is 1. The van der Waals surface area contributed by atoms with Crippen molar-refractivity contribution in [3.63, 3.8) is 0 Å². The van der Waals surface area contributed by atoms with Gasteiger partial charge < -0.3 is 15.3 Å². The quantitative estimate of drug-likeness (QED) is 0.806.